The Hall–Kier alpha value is -2.20. The molecule has 1 heterocycles. The van der Waals surface area contributed by atoms with Crippen LogP contribution in [0.25, 0.3) is 10.8 Å². The standard InChI is InChI=1S/C15H15N3O/c1-19-10-15-16-14(17-18-15)9-11-6-7-12-4-2-3-5-13(12)8-11/h2-8H,9-10H2,1H3,(H,16,17,18). The SMILES string of the molecule is COCc1n[nH]c(Cc2ccc3ccccc3c2)n1. The van der Waals surface area contributed by atoms with Crippen LogP contribution in [0, 0.1) is 0 Å². The second-order valence-corrected chi connectivity index (χ2v) is 4.49. The van der Waals surface area contributed by atoms with Crippen LogP contribution in [0.4, 0.5) is 0 Å². The lowest BCUT2D eigenvalue weighted by molar-refractivity contribution is 0.178. The average Bonchev–Trinajstić information content (AvgIpc) is 2.86. The molecule has 0 aliphatic rings. The van der Waals surface area contributed by atoms with E-state index in [2.05, 4.69) is 57.6 Å². The normalized spacial score (nSPS) is 11.0. The van der Waals surface area contributed by atoms with Gasteiger partial charge in [-0.1, -0.05) is 42.5 Å². The molecular formula is C15H15N3O. The number of hydrogen-bond acceptors (Lipinski definition) is 3. The molecule has 4 heteroatoms. The van der Waals surface area contributed by atoms with Gasteiger partial charge in [-0.05, 0) is 16.3 Å². The van der Waals surface area contributed by atoms with Crippen molar-refractivity contribution in [3.05, 3.63) is 59.7 Å². The summed E-state index contributed by atoms with van der Waals surface area (Å²) < 4.78 is 5.00. The number of methoxy groups -OCH3 is 1. The van der Waals surface area contributed by atoms with Crippen molar-refractivity contribution in [3.63, 3.8) is 0 Å². The van der Waals surface area contributed by atoms with E-state index >= 15 is 0 Å². The van der Waals surface area contributed by atoms with E-state index in [1.807, 2.05) is 0 Å². The van der Waals surface area contributed by atoms with E-state index in [-0.39, 0.29) is 0 Å². The van der Waals surface area contributed by atoms with Gasteiger partial charge in [-0.3, -0.25) is 5.10 Å². The number of nitrogens with zero attached hydrogens (tertiary/aromatic N) is 2. The van der Waals surface area contributed by atoms with Crippen molar-refractivity contribution in [1.29, 1.82) is 0 Å². The largest absolute Gasteiger partial charge is 0.377 e. The summed E-state index contributed by atoms with van der Waals surface area (Å²) >= 11 is 0. The first-order valence-electron chi connectivity index (χ1n) is 6.22. The molecule has 1 aromatic heterocycles. The van der Waals surface area contributed by atoms with Crippen LogP contribution in [0.2, 0.25) is 0 Å². The second kappa shape index (κ2) is 5.20. The van der Waals surface area contributed by atoms with Crippen LogP contribution in [0.1, 0.15) is 17.2 Å². The molecule has 0 amide bonds. The minimum atomic E-state index is 0.439. The van der Waals surface area contributed by atoms with E-state index in [0.717, 1.165) is 12.2 Å². The molecule has 0 aliphatic carbocycles. The first-order chi connectivity index (χ1) is 9.35. The highest BCUT2D eigenvalue weighted by Gasteiger charge is 2.04. The van der Waals surface area contributed by atoms with Gasteiger partial charge < -0.3 is 4.74 Å². The molecule has 1 N–H and O–H groups in total. The van der Waals surface area contributed by atoms with E-state index in [4.69, 9.17) is 4.74 Å². The summed E-state index contributed by atoms with van der Waals surface area (Å²) in [5.41, 5.74) is 1.22. The van der Waals surface area contributed by atoms with Gasteiger partial charge in [0.15, 0.2) is 5.82 Å². The topological polar surface area (TPSA) is 50.8 Å². The van der Waals surface area contributed by atoms with Crippen LogP contribution in [0.5, 0.6) is 0 Å². The van der Waals surface area contributed by atoms with Crippen LogP contribution in [-0.4, -0.2) is 22.3 Å². The Bertz CT molecular complexity index is 690. The average molecular weight is 253 g/mol. The molecule has 96 valence electrons. The number of benzene rings is 2. The summed E-state index contributed by atoms with van der Waals surface area (Å²) in [5.74, 6) is 1.56. The predicted molar refractivity (Wildman–Crippen MR) is 73.8 cm³/mol. The molecule has 0 aliphatic heterocycles. The number of hydrogen-bond donors (Lipinski definition) is 1. The van der Waals surface area contributed by atoms with Gasteiger partial charge in [0.05, 0.1) is 0 Å². The van der Waals surface area contributed by atoms with E-state index < -0.39 is 0 Å². The van der Waals surface area contributed by atoms with Gasteiger partial charge >= 0.3 is 0 Å². The minimum Gasteiger partial charge on any atom is -0.377 e. The molecule has 0 atom stereocenters. The number of aromatic nitrogens is 3. The van der Waals surface area contributed by atoms with Gasteiger partial charge in [0, 0.05) is 13.5 Å². The fraction of sp³-hybridized carbons (Fsp3) is 0.200. The van der Waals surface area contributed by atoms with Gasteiger partial charge in [-0.15, -0.1) is 0 Å². The molecule has 3 aromatic rings. The zero-order chi connectivity index (χ0) is 13.1. The van der Waals surface area contributed by atoms with Gasteiger partial charge in [0.25, 0.3) is 0 Å². The van der Waals surface area contributed by atoms with E-state index in [0.29, 0.717) is 12.4 Å². The molecule has 0 unspecified atom stereocenters. The molecule has 0 saturated heterocycles. The smallest absolute Gasteiger partial charge is 0.176 e. The molecule has 0 bridgehead atoms. The first kappa shape index (κ1) is 11.9. The van der Waals surface area contributed by atoms with Crippen LogP contribution in [0.15, 0.2) is 42.5 Å². The zero-order valence-electron chi connectivity index (χ0n) is 10.8. The summed E-state index contributed by atoms with van der Waals surface area (Å²) in [5, 5.41) is 9.55. The lowest BCUT2D eigenvalue weighted by Crippen LogP contribution is -1.92. The Labute approximate surface area is 111 Å². The van der Waals surface area contributed by atoms with Crippen molar-refractivity contribution in [2.24, 2.45) is 0 Å². The molecule has 3 rings (SSSR count). The number of aromatic amines is 1. The molecule has 0 radical (unpaired) electrons. The van der Waals surface area contributed by atoms with E-state index in [1.165, 1.54) is 16.3 Å². The van der Waals surface area contributed by atoms with Crippen molar-refractivity contribution in [2.45, 2.75) is 13.0 Å². The van der Waals surface area contributed by atoms with E-state index in [1.54, 1.807) is 7.11 Å². The fourth-order valence-electron chi connectivity index (χ4n) is 2.15. The Balaban J connectivity index is 1.83. The molecule has 0 fully saturated rings. The number of ether oxygens (including phenoxy) is 1. The second-order valence-electron chi connectivity index (χ2n) is 4.49. The molecule has 4 nitrogen and oxygen atoms in total. The van der Waals surface area contributed by atoms with Crippen LogP contribution in [-0.2, 0) is 17.8 Å². The van der Waals surface area contributed by atoms with Gasteiger partial charge in [0.1, 0.15) is 12.4 Å². The summed E-state index contributed by atoms with van der Waals surface area (Å²) in [6, 6.07) is 14.8. The van der Waals surface area contributed by atoms with E-state index in [9.17, 15) is 0 Å². The maximum absolute atomic E-state index is 5.00. The quantitative estimate of drug-likeness (QED) is 0.777. The molecule has 19 heavy (non-hydrogen) atoms. The van der Waals surface area contributed by atoms with Crippen LogP contribution in [0.3, 0.4) is 0 Å². The monoisotopic (exact) mass is 253 g/mol. The highest BCUT2D eigenvalue weighted by Crippen LogP contribution is 2.17. The number of fused-ring (bicyclic) bond motifs is 1. The lowest BCUT2D eigenvalue weighted by atomic mass is 10.1. The van der Waals surface area contributed by atoms with Crippen molar-refractivity contribution >= 4 is 10.8 Å². The Kier molecular flexibility index (Phi) is 3.25. The van der Waals surface area contributed by atoms with Crippen molar-refractivity contribution in [3.8, 4) is 0 Å². The fourth-order valence-corrected chi connectivity index (χ4v) is 2.15. The number of rotatable bonds is 4. The number of nitrogens with one attached hydrogen (secondary N) is 1. The van der Waals surface area contributed by atoms with Crippen molar-refractivity contribution in [2.75, 3.05) is 7.11 Å². The maximum Gasteiger partial charge on any atom is 0.176 e. The van der Waals surface area contributed by atoms with Crippen molar-refractivity contribution < 1.29 is 4.74 Å². The van der Waals surface area contributed by atoms with Crippen molar-refractivity contribution in [1.82, 2.24) is 15.2 Å². The minimum absolute atomic E-state index is 0.439. The summed E-state index contributed by atoms with van der Waals surface area (Å²) in [6.45, 7) is 0.439. The Morgan fingerprint density at radius 1 is 1.11 bits per heavy atom. The highest BCUT2D eigenvalue weighted by molar-refractivity contribution is 5.83. The molecular weight excluding hydrogens is 238 g/mol. The number of H-pyrrole nitrogens is 1. The summed E-state index contributed by atoms with van der Waals surface area (Å²) in [4.78, 5) is 4.38. The van der Waals surface area contributed by atoms with Crippen LogP contribution < -0.4 is 0 Å². The maximum atomic E-state index is 5.00. The van der Waals surface area contributed by atoms with Gasteiger partial charge in [0.2, 0.25) is 0 Å². The summed E-state index contributed by atoms with van der Waals surface area (Å²) in [6.07, 6.45) is 0.752. The third-order valence-corrected chi connectivity index (χ3v) is 3.04. The van der Waals surface area contributed by atoms with Gasteiger partial charge in [-0.25, -0.2) is 4.98 Å². The molecule has 0 spiro atoms. The Morgan fingerprint density at radius 3 is 2.79 bits per heavy atom. The molecule has 2 aromatic carbocycles. The highest BCUT2D eigenvalue weighted by atomic mass is 16.5. The lowest BCUT2D eigenvalue weighted by Gasteiger charge is -2.01. The molecule has 0 saturated carbocycles. The van der Waals surface area contributed by atoms with Gasteiger partial charge in [-0.2, -0.15) is 5.10 Å². The van der Waals surface area contributed by atoms with Crippen LogP contribution >= 0.6 is 0 Å². The third-order valence-electron chi connectivity index (χ3n) is 3.04. The zero-order valence-corrected chi connectivity index (χ0v) is 10.8. The first-order valence-corrected chi connectivity index (χ1v) is 6.22. The Morgan fingerprint density at radius 2 is 1.95 bits per heavy atom. The third kappa shape index (κ3) is 2.63. The summed E-state index contributed by atoms with van der Waals surface area (Å²) in [7, 11) is 1.64. The predicted octanol–water partition coefficient (Wildman–Crippen LogP) is 2.70.